The summed E-state index contributed by atoms with van der Waals surface area (Å²) in [6.45, 7) is 5.88. The molecule has 2 aliphatic heterocycles. The Morgan fingerprint density at radius 3 is 2.90 bits per heavy atom. The Morgan fingerprint density at radius 2 is 2.10 bits per heavy atom. The highest BCUT2D eigenvalue weighted by molar-refractivity contribution is 5.51. The van der Waals surface area contributed by atoms with Crippen molar-refractivity contribution in [1.29, 1.82) is 0 Å². The lowest BCUT2D eigenvalue weighted by molar-refractivity contribution is 0.215. The molecule has 0 bridgehead atoms. The standard InChI is InChI=1S/C16H25N3O/c1-20-15-6-5-13(16(17)10-15)11-18-7-3-9-19-8-2-4-14(19)12-18/h5-6,10,14H,2-4,7-9,11-12,17H2,1H3. The number of hydrogen-bond donors (Lipinski definition) is 1. The van der Waals surface area contributed by atoms with E-state index in [1.165, 1.54) is 51.0 Å². The van der Waals surface area contributed by atoms with E-state index in [-0.39, 0.29) is 0 Å². The van der Waals surface area contributed by atoms with Gasteiger partial charge in [-0.3, -0.25) is 9.80 Å². The quantitative estimate of drug-likeness (QED) is 0.856. The fourth-order valence-corrected chi connectivity index (χ4v) is 3.51. The second kappa shape index (κ2) is 6.02. The Hall–Kier alpha value is -1.26. The Labute approximate surface area is 121 Å². The van der Waals surface area contributed by atoms with Gasteiger partial charge in [0.1, 0.15) is 5.75 Å². The zero-order chi connectivity index (χ0) is 13.9. The van der Waals surface area contributed by atoms with E-state index >= 15 is 0 Å². The number of nitrogens with zero attached hydrogens (tertiary/aromatic N) is 2. The number of nitrogen functional groups attached to an aromatic ring is 1. The van der Waals surface area contributed by atoms with Gasteiger partial charge in [-0.2, -0.15) is 0 Å². The Bertz CT molecular complexity index is 463. The molecule has 4 heteroatoms. The SMILES string of the molecule is COc1ccc(CN2CCCN3CCCC3C2)c(N)c1. The van der Waals surface area contributed by atoms with Crippen LogP contribution in [0.1, 0.15) is 24.8 Å². The van der Waals surface area contributed by atoms with Crippen LogP contribution >= 0.6 is 0 Å². The third-order valence-corrected chi connectivity index (χ3v) is 4.63. The van der Waals surface area contributed by atoms with Crippen LogP contribution in [0.15, 0.2) is 18.2 Å². The van der Waals surface area contributed by atoms with Crippen molar-refractivity contribution in [1.82, 2.24) is 9.80 Å². The number of ether oxygens (including phenoxy) is 1. The maximum absolute atomic E-state index is 6.14. The van der Waals surface area contributed by atoms with Crippen LogP contribution in [0.25, 0.3) is 0 Å². The van der Waals surface area contributed by atoms with E-state index in [2.05, 4.69) is 15.9 Å². The second-order valence-corrected chi connectivity index (χ2v) is 5.99. The van der Waals surface area contributed by atoms with Crippen molar-refractivity contribution in [2.45, 2.75) is 31.8 Å². The lowest BCUT2D eigenvalue weighted by atomic mass is 10.1. The van der Waals surface area contributed by atoms with Gasteiger partial charge in [-0.1, -0.05) is 6.07 Å². The maximum atomic E-state index is 6.14. The maximum Gasteiger partial charge on any atom is 0.120 e. The number of hydrogen-bond acceptors (Lipinski definition) is 4. The summed E-state index contributed by atoms with van der Waals surface area (Å²) in [4.78, 5) is 5.23. The van der Waals surface area contributed by atoms with E-state index in [1.807, 2.05) is 12.1 Å². The molecule has 1 unspecified atom stereocenters. The molecule has 2 saturated heterocycles. The summed E-state index contributed by atoms with van der Waals surface area (Å²) in [6.07, 6.45) is 3.99. The Morgan fingerprint density at radius 1 is 1.25 bits per heavy atom. The topological polar surface area (TPSA) is 41.7 Å². The highest BCUT2D eigenvalue weighted by atomic mass is 16.5. The molecular weight excluding hydrogens is 250 g/mol. The van der Waals surface area contributed by atoms with Crippen LogP contribution < -0.4 is 10.5 Å². The summed E-state index contributed by atoms with van der Waals surface area (Å²) < 4.78 is 5.22. The molecule has 1 atom stereocenters. The van der Waals surface area contributed by atoms with Gasteiger partial charge in [-0.25, -0.2) is 0 Å². The van der Waals surface area contributed by atoms with Gasteiger partial charge in [0, 0.05) is 30.9 Å². The molecule has 4 nitrogen and oxygen atoms in total. The van der Waals surface area contributed by atoms with Crippen LogP contribution in [0, 0.1) is 0 Å². The van der Waals surface area contributed by atoms with Gasteiger partial charge in [0.15, 0.2) is 0 Å². The monoisotopic (exact) mass is 275 g/mol. The molecule has 0 amide bonds. The summed E-state index contributed by atoms with van der Waals surface area (Å²) in [5.74, 6) is 0.837. The minimum atomic E-state index is 0.761. The summed E-state index contributed by atoms with van der Waals surface area (Å²) in [6, 6.07) is 6.79. The van der Waals surface area contributed by atoms with E-state index < -0.39 is 0 Å². The van der Waals surface area contributed by atoms with Crippen molar-refractivity contribution < 1.29 is 4.74 Å². The van der Waals surface area contributed by atoms with Crippen LogP contribution in [-0.4, -0.2) is 49.1 Å². The number of fused-ring (bicyclic) bond motifs is 1. The predicted octanol–water partition coefficient (Wildman–Crippen LogP) is 1.95. The fourth-order valence-electron chi connectivity index (χ4n) is 3.51. The van der Waals surface area contributed by atoms with Crippen molar-refractivity contribution in [2.75, 3.05) is 39.0 Å². The zero-order valence-corrected chi connectivity index (χ0v) is 12.3. The normalized spacial score (nSPS) is 24.4. The van der Waals surface area contributed by atoms with Crippen LogP contribution in [0.3, 0.4) is 0 Å². The molecule has 0 radical (unpaired) electrons. The van der Waals surface area contributed by atoms with Crippen LogP contribution in [0.4, 0.5) is 5.69 Å². The minimum Gasteiger partial charge on any atom is -0.497 e. The van der Waals surface area contributed by atoms with Gasteiger partial charge in [0.25, 0.3) is 0 Å². The van der Waals surface area contributed by atoms with Gasteiger partial charge >= 0.3 is 0 Å². The molecule has 1 aromatic rings. The summed E-state index contributed by atoms with van der Waals surface area (Å²) >= 11 is 0. The minimum absolute atomic E-state index is 0.761. The number of methoxy groups -OCH3 is 1. The number of benzene rings is 1. The van der Waals surface area contributed by atoms with Gasteiger partial charge in [-0.05, 0) is 50.5 Å². The first-order chi connectivity index (χ1) is 9.76. The van der Waals surface area contributed by atoms with E-state index in [0.717, 1.165) is 24.0 Å². The molecule has 20 heavy (non-hydrogen) atoms. The summed E-state index contributed by atoms with van der Waals surface area (Å²) in [5.41, 5.74) is 8.21. The second-order valence-electron chi connectivity index (χ2n) is 5.99. The molecule has 2 aliphatic rings. The Kier molecular flexibility index (Phi) is 4.13. The molecule has 0 spiro atoms. The first-order valence-electron chi connectivity index (χ1n) is 7.65. The highest BCUT2D eigenvalue weighted by Gasteiger charge is 2.28. The molecule has 2 N–H and O–H groups in total. The van der Waals surface area contributed by atoms with E-state index in [9.17, 15) is 0 Å². The van der Waals surface area contributed by atoms with Crippen LogP contribution in [0.5, 0.6) is 5.75 Å². The molecule has 0 aliphatic carbocycles. The molecule has 2 fully saturated rings. The van der Waals surface area contributed by atoms with E-state index in [1.54, 1.807) is 7.11 Å². The van der Waals surface area contributed by atoms with Crippen molar-refractivity contribution in [3.63, 3.8) is 0 Å². The molecule has 1 aromatic carbocycles. The molecule has 2 heterocycles. The van der Waals surface area contributed by atoms with Crippen molar-refractivity contribution in [3.05, 3.63) is 23.8 Å². The molecular formula is C16H25N3O. The fraction of sp³-hybridized carbons (Fsp3) is 0.625. The molecule has 0 saturated carbocycles. The Balaban J connectivity index is 1.67. The van der Waals surface area contributed by atoms with Crippen molar-refractivity contribution in [3.8, 4) is 5.75 Å². The number of nitrogens with two attached hydrogens (primary N) is 1. The smallest absolute Gasteiger partial charge is 0.120 e. The van der Waals surface area contributed by atoms with Crippen molar-refractivity contribution in [2.24, 2.45) is 0 Å². The first kappa shape index (κ1) is 13.7. The molecule has 110 valence electrons. The average Bonchev–Trinajstić information content (AvgIpc) is 2.80. The van der Waals surface area contributed by atoms with Crippen LogP contribution in [0.2, 0.25) is 0 Å². The lowest BCUT2D eigenvalue weighted by Crippen LogP contribution is -2.36. The van der Waals surface area contributed by atoms with Crippen LogP contribution in [-0.2, 0) is 6.54 Å². The average molecular weight is 275 g/mol. The zero-order valence-electron chi connectivity index (χ0n) is 12.3. The largest absolute Gasteiger partial charge is 0.497 e. The predicted molar refractivity (Wildman–Crippen MR) is 81.9 cm³/mol. The summed E-state index contributed by atoms with van der Waals surface area (Å²) in [7, 11) is 1.68. The van der Waals surface area contributed by atoms with Gasteiger partial charge in [0.2, 0.25) is 0 Å². The van der Waals surface area contributed by atoms with E-state index in [4.69, 9.17) is 10.5 Å². The third-order valence-electron chi connectivity index (χ3n) is 4.63. The van der Waals surface area contributed by atoms with E-state index in [0.29, 0.717) is 0 Å². The van der Waals surface area contributed by atoms with Gasteiger partial charge in [0.05, 0.1) is 7.11 Å². The van der Waals surface area contributed by atoms with Gasteiger partial charge < -0.3 is 10.5 Å². The third kappa shape index (κ3) is 2.91. The highest BCUT2D eigenvalue weighted by Crippen LogP contribution is 2.25. The van der Waals surface area contributed by atoms with Gasteiger partial charge in [-0.15, -0.1) is 0 Å². The van der Waals surface area contributed by atoms with Crippen molar-refractivity contribution >= 4 is 5.69 Å². The first-order valence-corrected chi connectivity index (χ1v) is 7.65. The molecule has 0 aromatic heterocycles. The lowest BCUT2D eigenvalue weighted by Gasteiger charge is -2.26. The number of rotatable bonds is 3. The summed E-state index contributed by atoms with van der Waals surface area (Å²) in [5, 5.41) is 0. The number of anilines is 1. The molecule has 3 rings (SSSR count).